The van der Waals surface area contributed by atoms with Gasteiger partial charge in [0.2, 0.25) is 17.7 Å². The topological polar surface area (TPSA) is 148 Å². The Morgan fingerprint density at radius 3 is 2.23 bits per heavy atom. The largest absolute Gasteiger partial charge is 0.493 e. The number of nitrogens with zero attached hydrogens (tertiary/aromatic N) is 1. The lowest BCUT2D eigenvalue weighted by molar-refractivity contribution is -0.131. The van der Waals surface area contributed by atoms with Crippen LogP contribution in [0.2, 0.25) is 0 Å². The fourth-order valence-electron chi connectivity index (χ4n) is 4.30. The Balaban J connectivity index is 1.28. The Morgan fingerprint density at radius 2 is 1.58 bits per heavy atom. The molecule has 5 rings (SSSR count). The summed E-state index contributed by atoms with van der Waals surface area (Å²) in [5, 5.41) is 14.3. The number of methoxy groups -OCH3 is 1. The highest BCUT2D eigenvalue weighted by molar-refractivity contribution is 6.16. The summed E-state index contributed by atoms with van der Waals surface area (Å²) in [6, 6.07) is 13.8. The van der Waals surface area contributed by atoms with Crippen molar-refractivity contribution in [1.29, 1.82) is 0 Å². The van der Waals surface area contributed by atoms with Gasteiger partial charge in [0, 0.05) is 35.1 Å². The molecule has 0 spiro atoms. The van der Waals surface area contributed by atoms with Gasteiger partial charge in [-0.05, 0) is 61.4 Å². The van der Waals surface area contributed by atoms with Gasteiger partial charge < -0.3 is 24.8 Å². The zero-order valence-electron chi connectivity index (χ0n) is 22.8. The van der Waals surface area contributed by atoms with Gasteiger partial charge in [0.15, 0.2) is 23.1 Å². The molecule has 0 radical (unpaired) electrons. The molecule has 11 nitrogen and oxygen atoms in total. The van der Waals surface area contributed by atoms with Crippen LogP contribution in [0.3, 0.4) is 0 Å². The summed E-state index contributed by atoms with van der Waals surface area (Å²) in [6.07, 6.45) is 2.01. The lowest BCUT2D eigenvalue weighted by atomic mass is 10.0. The van der Waals surface area contributed by atoms with Crippen molar-refractivity contribution in [1.82, 2.24) is 10.5 Å². The Bertz CT molecular complexity index is 1690. The predicted molar refractivity (Wildman–Crippen MR) is 150 cm³/mol. The molecule has 1 heterocycles. The molecular formula is C30H26F2N4O7. The Labute approximate surface area is 243 Å². The van der Waals surface area contributed by atoms with E-state index in [-0.39, 0.29) is 30.2 Å². The maximum absolute atomic E-state index is 15.1. The van der Waals surface area contributed by atoms with E-state index in [9.17, 15) is 18.8 Å². The van der Waals surface area contributed by atoms with Crippen LogP contribution >= 0.6 is 0 Å². The van der Waals surface area contributed by atoms with Gasteiger partial charge in [-0.1, -0.05) is 0 Å². The molecule has 1 fully saturated rings. The fourth-order valence-corrected chi connectivity index (χ4v) is 4.30. The highest BCUT2D eigenvalue weighted by atomic mass is 19.1. The van der Waals surface area contributed by atoms with Gasteiger partial charge in [-0.3, -0.25) is 24.6 Å². The second kappa shape index (κ2) is 12.3. The van der Waals surface area contributed by atoms with Crippen molar-refractivity contribution in [3.05, 3.63) is 78.5 Å². The molecule has 1 aromatic heterocycles. The van der Waals surface area contributed by atoms with Gasteiger partial charge in [0.05, 0.1) is 25.7 Å². The van der Waals surface area contributed by atoms with Crippen LogP contribution in [-0.4, -0.2) is 41.6 Å². The van der Waals surface area contributed by atoms with Gasteiger partial charge in [-0.25, -0.2) is 14.3 Å². The first kappa shape index (κ1) is 29.2. The van der Waals surface area contributed by atoms with E-state index < -0.39 is 34.8 Å². The minimum absolute atomic E-state index is 0.0292. The molecule has 222 valence electrons. The predicted octanol–water partition coefficient (Wildman–Crippen LogP) is 4.95. The molecule has 0 unspecified atom stereocenters. The molecule has 0 atom stereocenters. The minimum atomic E-state index is -1.30. The van der Waals surface area contributed by atoms with E-state index in [2.05, 4.69) is 15.6 Å². The molecule has 3 aromatic carbocycles. The van der Waals surface area contributed by atoms with E-state index in [0.717, 1.165) is 6.07 Å². The Hall–Kier alpha value is -5.30. The number of pyridine rings is 1. The van der Waals surface area contributed by atoms with Crippen LogP contribution in [-0.2, 0) is 14.4 Å². The van der Waals surface area contributed by atoms with Crippen LogP contribution in [0.15, 0.2) is 66.9 Å². The fraction of sp³-hybridized carbons (Fsp3) is 0.200. The monoisotopic (exact) mass is 592 g/mol. The number of amides is 3. The van der Waals surface area contributed by atoms with Crippen molar-refractivity contribution in [3.63, 3.8) is 0 Å². The van der Waals surface area contributed by atoms with Crippen LogP contribution in [0.5, 0.6) is 23.0 Å². The Morgan fingerprint density at radius 1 is 0.884 bits per heavy atom. The highest BCUT2D eigenvalue weighted by Gasteiger charge is 2.56. The average molecular weight is 593 g/mol. The first-order chi connectivity index (χ1) is 20.7. The second-order valence-corrected chi connectivity index (χ2v) is 9.71. The summed E-state index contributed by atoms with van der Waals surface area (Å²) in [4.78, 5) is 41.3. The second-order valence-electron chi connectivity index (χ2n) is 9.71. The smallest absolute Gasteiger partial charge is 0.246 e. The number of hydrogen-bond acceptors (Lipinski definition) is 8. The third kappa shape index (κ3) is 6.46. The van der Waals surface area contributed by atoms with Crippen molar-refractivity contribution in [2.24, 2.45) is 5.41 Å². The zero-order valence-corrected chi connectivity index (χ0v) is 22.8. The summed E-state index contributed by atoms with van der Waals surface area (Å²) in [7, 11) is 1.43. The van der Waals surface area contributed by atoms with Crippen LogP contribution in [0, 0.1) is 17.0 Å². The molecule has 0 saturated heterocycles. The maximum atomic E-state index is 15.1. The number of halogens is 2. The number of rotatable bonds is 11. The van der Waals surface area contributed by atoms with E-state index >= 15 is 4.39 Å². The number of aromatic nitrogens is 1. The summed E-state index contributed by atoms with van der Waals surface area (Å²) in [6.45, 7) is -0.0292. The normalized spacial score (nSPS) is 13.1. The molecule has 1 aliphatic carbocycles. The summed E-state index contributed by atoms with van der Waals surface area (Å²) in [5.74, 6) is -2.19. The van der Waals surface area contributed by atoms with Gasteiger partial charge in [0.25, 0.3) is 0 Å². The average Bonchev–Trinajstić information content (AvgIpc) is 3.82. The third-order valence-electron chi connectivity index (χ3n) is 6.83. The van der Waals surface area contributed by atoms with Crippen molar-refractivity contribution in [2.45, 2.75) is 19.3 Å². The van der Waals surface area contributed by atoms with E-state index in [4.69, 9.17) is 19.4 Å². The van der Waals surface area contributed by atoms with Gasteiger partial charge in [-0.2, -0.15) is 0 Å². The lowest BCUT2D eigenvalue weighted by Gasteiger charge is -2.16. The number of benzene rings is 3. The third-order valence-corrected chi connectivity index (χ3v) is 6.83. The molecule has 43 heavy (non-hydrogen) atoms. The first-order valence-corrected chi connectivity index (χ1v) is 13.1. The van der Waals surface area contributed by atoms with E-state index in [0.29, 0.717) is 40.9 Å². The zero-order chi connectivity index (χ0) is 30.6. The number of carbonyl (C=O) groups is 3. The van der Waals surface area contributed by atoms with E-state index in [1.807, 2.05) is 0 Å². The number of nitrogens with one attached hydrogen (secondary N) is 3. The molecule has 4 aromatic rings. The van der Waals surface area contributed by atoms with E-state index in [1.165, 1.54) is 55.2 Å². The van der Waals surface area contributed by atoms with Gasteiger partial charge >= 0.3 is 0 Å². The Kier molecular flexibility index (Phi) is 8.34. The number of hydroxylamine groups is 1. The standard InChI is InChI=1S/C30H26F2N4O7/c1-41-25-15-20-22(16-26(25)42-13-9-27(37)36-40)33-12-8-23(20)43-24-7-6-19(14-21(24)32)35-29(39)30(10-11-30)28(38)34-18-4-2-17(31)3-5-18/h2-8,12,14-16,40H,9-11,13H2,1H3,(H,34,38)(H,35,39)(H,36,37). The number of hydrogen-bond donors (Lipinski definition) is 4. The molecule has 3 amide bonds. The summed E-state index contributed by atoms with van der Waals surface area (Å²) < 4.78 is 45.1. The highest BCUT2D eigenvalue weighted by Crippen LogP contribution is 2.47. The molecule has 1 aliphatic rings. The maximum Gasteiger partial charge on any atom is 0.246 e. The summed E-state index contributed by atoms with van der Waals surface area (Å²) >= 11 is 0. The molecular weight excluding hydrogens is 566 g/mol. The SMILES string of the molecule is COc1cc2c(Oc3ccc(NC(=O)C4(C(=O)Nc5ccc(F)cc5)CC4)cc3F)ccnc2cc1OCCC(=O)NO. The van der Waals surface area contributed by atoms with Crippen molar-refractivity contribution in [2.75, 3.05) is 24.4 Å². The van der Waals surface area contributed by atoms with Crippen LogP contribution in [0.25, 0.3) is 10.9 Å². The van der Waals surface area contributed by atoms with Crippen LogP contribution < -0.4 is 30.3 Å². The minimum Gasteiger partial charge on any atom is -0.493 e. The quantitative estimate of drug-likeness (QED) is 0.109. The summed E-state index contributed by atoms with van der Waals surface area (Å²) in [5.41, 5.74) is 1.15. The number of fused-ring (bicyclic) bond motifs is 1. The van der Waals surface area contributed by atoms with Gasteiger partial charge in [0.1, 0.15) is 17.0 Å². The van der Waals surface area contributed by atoms with Crippen molar-refractivity contribution < 1.29 is 42.6 Å². The number of ether oxygens (including phenoxy) is 3. The number of anilines is 2. The molecule has 4 N–H and O–H groups in total. The number of carbonyl (C=O) groups excluding carboxylic acids is 3. The first-order valence-electron chi connectivity index (χ1n) is 13.1. The van der Waals surface area contributed by atoms with Crippen molar-refractivity contribution in [3.8, 4) is 23.0 Å². The molecule has 0 bridgehead atoms. The molecule has 13 heteroatoms. The van der Waals surface area contributed by atoms with Crippen molar-refractivity contribution >= 4 is 40.0 Å². The molecule has 0 aliphatic heterocycles. The van der Waals surface area contributed by atoms with Gasteiger partial charge in [-0.15, -0.1) is 0 Å². The molecule has 1 saturated carbocycles. The van der Waals surface area contributed by atoms with Crippen LogP contribution in [0.1, 0.15) is 19.3 Å². The van der Waals surface area contributed by atoms with E-state index in [1.54, 1.807) is 18.2 Å². The van der Waals surface area contributed by atoms with Crippen LogP contribution in [0.4, 0.5) is 20.2 Å². The lowest BCUT2D eigenvalue weighted by Crippen LogP contribution is -2.35.